The summed E-state index contributed by atoms with van der Waals surface area (Å²) in [4.78, 5) is 11.6. The van der Waals surface area contributed by atoms with Crippen LogP contribution in [0.2, 0.25) is 0 Å². The summed E-state index contributed by atoms with van der Waals surface area (Å²) >= 11 is 0. The van der Waals surface area contributed by atoms with Gasteiger partial charge in [0.15, 0.2) is 0 Å². The highest BCUT2D eigenvalue weighted by molar-refractivity contribution is 5.68. The minimum absolute atomic E-state index is 0.0109. The van der Waals surface area contributed by atoms with Gasteiger partial charge in [0.05, 0.1) is 7.11 Å². The number of benzene rings is 1. The molecule has 0 unspecified atom stereocenters. The second kappa shape index (κ2) is 7.78. The van der Waals surface area contributed by atoms with Crippen LogP contribution in [0.3, 0.4) is 0 Å². The summed E-state index contributed by atoms with van der Waals surface area (Å²) in [5.41, 5.74) is 0.962. The Bertz CT molecular complexity index is 410. The number of methoxy groups -OCH3 is 1. The third-order valence-corrected chi connectivity index (χ3v) is 3.43. The lowest BCUT2D eigenvalue weighted by Gasteiger charge is -2.14. The molecule has 1 amide bonds. The minimum Gasteiger partial charge on any atom is -0.497 e. The molecule has 2 rings (SSSR count). The molecular formula is C16H25NO3. The second-order valence-electron chi connectivity index (χ2n) is 4.68. The van der Waals surface area contributed by atoms with Crippen molar-refractivity contribution in [3.05, 3.63) is 29.8 Å². The summed E-state index contributed by atoms with van der Waals surface area (Å²) in [5.74, 6) is 0.797. The number of ether oxygens (including phenoxy) is 2. The molecule has 20 heavy (non-hydrogen) atoms. The van der Waals surface area contributed by atoms with Gasteiger partial charge in [-0.15, -0.1) is 0 Å². The van der Waals surface area contributed by atoms with E-state index in [4.69, 9.17) is 9.47 Å². The van der Waals surface area contributed by atoms with Crippen molar-refractivity contribution in [3.63, 3.8) is 0 Å². The van der Waals surface area contributed by atoms with E-state index in [1.54, 1.807) is 7.11 Å². The topological polar surface area (TPSA) is 47.6 Å². The van der Waals surface area contributed by atoms with E-state index in [2.05, 4.69) is 12.2 Å². The predicted octanol–water partition coefficient (Wildman–Crippen LogP) is 3.89. The third-order valence-electron chi connectivity index (χ3n) is 3.43. The molecule has 1 aliphatic carbocycles. The van der Waals surface area contributed by atoms with Crippen molar-refractivity contribution in [1.82, 2.24) is 5.32 Å². The van der Waals surface area contributed by atoms with Gasteiger partial charge in [0, 0.05) is 5.54 Å². The van der Waals surface area contributed by atoms with Crippen LogP contribution >= 0.6 is 0 Å². The molecule has 0 spiro atoms. The zero-order valence-corrected chi connectivity index (χ0v) is 12.9. The van der Waals surface area contributed by atoms with Gasteiger partial charge in [0.25, 0.3) is 0 Å². The van der Waals surface area contributed by atoms with Crippen LogP contribution in [-0.4, -0.2) is 18.7 Å². The lowest BCUT2D eigenvalue weighted by Crippen LogP contribution is -2.36. The maximum Gasteiger partial charge on any atom is 0.407 e. The van der Waals surface area contributed by atoms with Crippen LogP contribution in [0.5, 0.6) is 5.75 Å². The molecule has 0 heterocycles. The van der Waals surface area contributed by atoms with Crippen molar-refractivity contribution in [1.29, 1.82) is 0 Å². The van der Waals surface area contributed by atoms with Crippen molar-refractivity contribution in [3.8, 4) is 5.75 Å². The monoisotopic (exact) mass is 279 g/mol. The van der Waals surface area contributed by atoms with E-state index in [1.165, 1.54) is 0 Å². The van der Waals surface area contributed by atoms with Gasteiger partial charge in [0.2, 0.25) is 0 Å². The lowest BCUT2D eigenvalue weighted by atomic mass is 10.2. The van der Waals surface area contributed by atoms with Gasteiger partial charge < -0.3 is 14.8 Å². The molecule has 0 bridgehead atoms. The quantitative estimate of drug-likeness (QED) is 0.889. The van der Waals surface area contributed by atoms with Crippen molar-refractivity contribution < 1.29 is 14.3 Å². The number of alkyl carbamates (subject to hydrolysis) is 1. The number of nitrogens with one attached hydrogen (secondary N) is 1. The number of hydrogen-bond acceptors (Lipinski definition) is 3. The van der Waals surface area contributed by atoms with E-state index >= 15 is 0 Å². The largest absolute Gasteiger partial charge is 0.497 e. The first kappa shape index (κ1) is 16.3. The van der Waals surface area contributed by atoms with E-state index in [0.29, 0.717) is 0 Å². The van der Waals surface area contributed by atoms with Gasteiger partial charge >= 0.3 is 6.09 Å². The molecule has 4 heteroatoms. The first-order valence-electron chi connectivity index (χ1n) is 7.25. The summed E-state index contributed by atoms with van der Waals surface area (Å²) in [6.45, 7) is 6.37. The standard InChI is InChI=1S/C14H19NO3.C2H6/c1-3-14(8-9-14)15-13(16)18-10-11-4-6-12(17-2)7-5-11;1-2/h4-7H,3,8-10H2,1-2H3,(H,15,16);1-2H3. The number of amides is 1. The SMILES string of the molecule is CC.CCC1(NC(=O)OCc2ccc(OC)cc2)CC1. The Balaban J connectivity index is 0.000000956. The Morgan fingerprint density at radius 1 is 1.25 bits per heavy atom. The zero-order valence-electron chi connectivity index (χ0n) is 12.9. The summed E-state index contributed by atoms with van der Waals surface area (Å²) in [5, 5.41) is 2.92. The van der Waals surface area contributed by atoms with Gasteiger partial charge in [-0.2, -0.15) is 0 Å². The number of carbonyl (C=O) groups is 1. The highest BCUT2D eigenvalue weighted by Crippen LogP contribution is 2.38. The van der Waals surface area contributed by atoms with Crippen LogP contribution in [-0.2, 0) is 11.3 Å². The van der Waals surface area contributed by atoms with Crippen LogP contribution < -0.4 is 10.1 Å². The van der Waals surface area contributed by atoms with E-state index in [0.717, 1.165) is 30.6 Å². The predicted molar refractivity (Wildman–Crippen MR) is 79.9 cm³/mol. The highest BCUT2D eigenvalue weighted by atomic mass is 16.5. The summed E-state index contributed by atoms with van der Waals surface area (Å²) in [6.07, 6.45) is 2.75. The molecule has 1 aromatic rings. The fraction of sp³-hybridized carbons (Fsp3) is 0.562. The van der Waals surface area contributed by atoms with E-state index in [9.17, 15) is 4.79 Å². The molecule has 0 aliphatic heterocycles. The Morgan fingerprint density at radius 2 is 1.85 bits per heavy atom. The summed E-state index contributed by atoms with van der Waals surface area (Å²) in [6, 6.07) is 7.48. The van der Waals surface area contributed by atoms with Gasteiger partial charge in [-0.25, -0.2) is 4.79 Å². The van der Waals surface area contributed by atoms with E-state index in [-0.39, 0.29) is 18.2 Å². The van der Waals surface area contributed by atoms with Crippen molar-refractivity contribution in [2.75, 3.05) is 7.11 Å². The lowest BCUT2D eigenvalue weighted by molar-refractivity contribution is 0.134. The molecule has 4 nitrogen and oxygen atoms in total. The first-order chi connectivity index (χ1) is 9.67. The van der Waals surface area contributed by atoms with Crippen LogP contribution in [0.4, 0.5) is 4.79 Å². The second-order valence-corrected chi connectivity index (χ2v) is 4.68. The minimum atomic E-state index is -0.329. The average Bonchev–Trinajstić information content (AvgIpc) is 3.28. The van der Waals surface area contributed by atoms with Crippen LogP contribution in [0.15, 0.2) is 24.3 Å². The van der Waals surface area contributed by atoms with Crippen LogP contribution in [0.1, 0.15) is 45.6 Å². The molecule has 1 N–H and O–H groups in total. The normalized spacial score (nSPS) is 14.6. The summed E-state index contributed by atoms with van der Waals surface area (Å²) < 4.78 is 10.3. The molecular weight excluding hydrogens is 254 g/mol. The fourth-order valence-electron chi connectivity index (χ4n) is 1.84. The molecule has 1 aromatic carbocycles. The smallest absolute Gasteiger partial charge is 0.407 e. The van der Waals surface area contributed by atoms with Crippen molar-refractivity contribution in [2.45, 2.75) is 52.2 Å². The van der Waals surface area contributed by atoms with Crippen molar-refractivity contribution >= 4 is 6.09 Å². The van der Waals surface area contributed by atoms with Crippen molar-refractivity contribution in [2.24, 2.45) is 0 Å². The van der Waals surface area contributed by atoms with E-state index in [1.807, 2.05) is 38.1 Å². The maximum atomic E-state index is 11.6. The number of carbonyl (C=O) groups excluding carboxylic acids is 1. The van der Waals surface area contributed by atoms with E-state index < -0.39 is 0 Å². The molecule has 0 aromatic heterocycles. The Labute approximate surface area is 121 Å². The van der Waals surface area contributed by atoms with Gasteiger partial charge in [-0.1, -0.05) is 32.9 Å². The molecule has 0 saturated heterocycles. The highest BCUT2D eigenvalue weighted by Gasteiger charge is 2.42. The first-order valence-corrected chi connectivity index (χ1v) is 7.25. The fourth-order valence-corrected chi connectivity index (χ4v) is 1.84. The molecule has 0 atom stereocenters. The zero-order chi connectivity index (χ0) is 15.0. The number of hydrogen-bond donors (Lipinski definition) is 1. The Hall–Kier alpha value is -1.71. The van der Waals surface area contributed by atoms with Gasteiger partial charge in [-0.3, -0.25) is 0 Å². The molecule has 1 saturated carbocycles. The van der Waals surface area contributed by atoms with Gasteiger partial charge in [-0.05, 0) is 37.0 Å². The van der Waals surface area contributed by atoms with Crippen LogP contribution in [0.25, 0.3) is 0 Å². The maximum absolute atomic E-state index is 11.6. The molecule has 112 valence electrons. The molecule has 1 aliphatic rings. The Morgan fingerprint density at radius 3 is 2.30 bits per heavy atom. The van der Waals surface area contributed by atoms with Gasteiger partial charge in [0.1, 0.15) is 12.4 Å². The average molecular weight is 279 g/mol. The summed E-state index contributed by atoms with van der Waals surface area (Å²) in [7, 11) is 1.62. The Kier molecular flexibility index (Phi) is 6.36. The molecule has 0 radical (unpaired) electrons. The third kappa shape index (κ3) is 4.76. The number of rotatable bonds is 5. The van der Waals surface area contributed by atoms with Crippen LogP contribution in [0, 0.1) is 0 Å². The molecule has 1 fully saturated rings.